The average Bonchev–Trinajstić information content (AvgIpc) is 3.18. The van der Waals surface area contributed by atoms with Crippen LogP contribution in [-0.4, -0.2) is 31.1 Å². The Labute approximate surface area is 188 Å². The number of hydrogen-bond acceptors (Lipinski definition) is 4. The SMILES string of the molecule is Cn1cc(-c2cccc(N3CCCCC3)c2)c2c(NS(=O)(=O)c3ccccc3)ccnc21. The van der Waals surface area contributed by atoms with Crippen LogP contribution in [0.5, 0.6) is 0 Å². The first-order valence-corrected chi connectivity index (χ1v) is 12.4. The Bertz CT molecular complexity index is 1360. The second-order valence-corrected chi connectivity index (χ2v) is 9.91. The van der Waals surface area contributed by atoms with Gasteiger partial charge in [0, 0.05) is 43.8 Å². The lowest BCUT2D eigenvalue weighted by atomic mass is 10.0. The second kappa shape index (κ2) is 8.31. The molecular formula is C25H26N4O2S. The Balaban J connectivity index is 1.60. The van der Waals surface area contributed by atoms with Gasteiger partial charge in [-0.2, -0.15) is 0 Å². The highest BCUT2D eigenvalue weighted by Gasteiger charge is 2.20. The van der Waals surface area contributed by atoms with Crippen molar-refractivity contribution in [3.05, 3.63) is 73.1 Å². The van der Waals surface area contributed by atoms with Gasteiger partial charge in [-0.15, -0.1) is 0 Å². The summed E-state index contributed by atoms with van der Waals surface area (Å²) in [6.45, 7) is 2.14. The van der Waals surface area contributed by atoms with E-state index in [0.29, 0.717) is 5.69 Å². The molecule has 6 nitrogen and oxygen atoms in total. The van der Waals surface area contributed by atoms with E-state index < -0.39 is 10.0 Å². The number of piperidine rings is 1. The van der Waals surface area contributed by atoms with E-state index in [1.807, 2.05) is 17.8 Å². The Morgan fingerprint density at radius 3 is 2.50 bits per heavy atom. The largest absolute Gasteiger partial charge is 0.372 e. The monoisotopic (exact) mass is 446 g/mol. The lowest BCUT2D eigenvalue weighted by molar-refractivity contribution is 0.578. The summed E-state index contributed by atoms with van der Waals surface area (Å²) in [6.07, 6.45) is 7.38. The number of nitrogens with one attached hydrogen (secondary N) is 1. The van der Waals surface area contributed by atoms with E-state index in [1.54, 1.807) is 42.6 Å². The van der Waals surface area contributed by atoms with Crippen molar-refractivity contribution in [2.45, 2.75) is 24.2 Å². The molecule has 2 aromatic carbocycles. The standard InChI is InChI=1S/C25H26N4O2S/c1-28-18-22(19-9-8-10-20(17-19)29-15-6-3-7-16-29)24-23(13-14-26-25(24)28)27-32(30,31)21-11-4-2-5-12-21/h2,4-5,8-14,17-18H,3,6-7,15-16H2,1H3,(H,26,27). The fraction of sp³-hybridized carbons (Fsp3) is 0.240. The number of aryl methyl sites for hydroxylation is 1. The first-order chi connectivity index (χ1) is 15.5. The van der Waals surface area contributed by atoms with Crippen molar-refractivity contribution in [3.63, 3.8) is 0 Å². The number of hydrogen-bond donors (Lipinski definition) is 1. The number of nitrogens with zero attached hydrogens (tertiary/aromatic N) is 3. The van der Waals surface area contributed by atoms with Crippen LogP contribution in [0.2, 0.25) is 0 Å². The molecule has 0 bridgehead atoms. The van der Waals surface area contributed by atoms with E-state index in [2.05, 4.69) is 38.9 Å². The van der Waals surface area contributed by atoms with E-state index >= 15 is 0 Å². The number of sulfonamides is 1. The lowest BCUT2D eigenvalue weighted by Gasteiger charge is -2.29. The molecule has 1 aliphatic rings. The zero-order valence-electron chi connectivity index (χ0n) is 18.0. The zero-order valence-corrected chi connectivity index (χ0v) is 18.8. The summed E-state index contributed by atoms with van der Waals surface area (Å²) in [5, 5.41) is 0.797. The quantitative estimate of drug-likeness (QED) is 0.467. The van der Waals surface area contributed by atoms with Gasteiger partial charge in [-0.05, 0) is 55.2 Å². The Hall–Kier alpha value is -3.32. The first kappa shape index (κ1) is 20.6. The number of anilines is 2. The summed E-state index contributed by atoms with van der Waals surface area (Å²) in [5.74, 6) is 0. The van der Waals surface area contributed by atoms with Crippen molar-refractivity contribution in [2.75, 3.05) is 22.7 Å². The molecule has 1 aliphatic heterocycles. The highest BCUT2D eigenvalue weighted by atomic mass is 32.2. The maximum atomic E-state index is 13.0. The van der Waals surface area contributed by atoms with Crippen LogP contribution in [0.1, 0.15) is 19.3 Å². The molecule has 0 unspecified atom stereocenters. The summed E-state index contributed by atoms with van der Waals surface area (Å²) >= 11 is 0. The maximum Gasteiger partial charge on any atom is 0.261 e. The molecule has 0 radical (unpaired) electrons. The molecule has 0 spiro atoms. The molecule has 7 heteroatoms. The summed E-state index contributed by atoms with van der Waals surface area (Å²) in [5.41, 5.74) is 4.47. The van der Waals surface area contributed by atoms with Gasteiger partial charge < -0.3 is 9.47 Å². The van der Waals surface area contributed by atoms with Gasteiger partial charge in [-0.25, -0.2) is 13.4 Å². The van der Waals surface area contributed by atoms with E-state index in [0.717, 1.165) is 35.2 Å². The van der Waals surface area contributed by atoms with Crippen LogP contribution < -0.4 is 9.62 Å². The molecule has 2 aromatic heterocycles. The van der Waals surface area contributed by atoms with Crippen molar-refractivity contribution in [1.82, 2.24) is 9.55 Å². The molecule has 1 N–H and O–H groups in total. The normalized spacial score (nSPS) is 14.6. The van der Waals surface area contributed by atoms with Crippen molar-refractivity contribution in [1.29, 1.82) is 0 Å². The molecule has 164 valence electrons. The summed E-state index contributed by atoms with van der Waals surface area (Å²) < 4.78 is 30.8. The minimum Gasteiger partial charge on any atom is -0.372 e. The Morgan fingerprint density at radius 2 is 1.72 bits per heavy atom. The third-order valence-electron chi connectivity index (χ3n) is 6.03. The van der Waals surface area contributed by atoms with Gasteiger partial charge in [0.25, 0.3) is 10.0 Å². The third-order valence-corrected chi connectivity index (χ3v) is 7.41. The van der Waals surface area contributed by atoms with Crippen LogP contribution >= 0.6 is 0 Å². The Morgan fingerprint density at radius 1 is 0.938 bits per heavy atom. The minimum atomic E-state index is -3.72. The number of benzene rings is 2. The van der Waals surface area contributed by atoms with E-state index in [4.69, 9.17) is 0 Å². The second-order valence-electron chi connectivity index (χ2n) is 8.23. The number of pyridine rings is 1. The van der Waals surface area contributed by atoms with Crippen LogP contribution in [0, 0.1) is 0 Å². The zero-order chi connectivity index (χ0) is 22.1. The smallest absolute Gasteiger partial charge is 0.261 e. The minimum absolute atomic E-state index is 0.231. The van der Waals surface area contributed by atoms with Gasteiger partial charge >= 0.3 is 0 Å². The van der Waals surface area contributed by atoms with Crippen molar-refractivity contribution in [3.8, 4) is 11.1 Å². The molecule has 32 heavy (non-hydrogen) atoms. The molecule has 3 heterocycles. The van der Waals surface area contributed by atoms with Crippen LogP contribution in [0.25, 0.3) is 22.2 Å². The van der Waals surface area contributed by atoms with Gasteiger partial charge in [0.1, 0.15) is 5.65 Å². The van der Waals surface area contributed by atoms with E-state index in [9.17, 15) is 8.42 Å². The maximum absolute atomic E-state index is 13.0. The van der Waals surface area contributed by atoms with Crippen molar-refractivity contribution in [2.24, 2.45) is 7.05 Å². The molecule has 0 atom stereocenters. The van der Waals surface area contributed by atoms with Gasteiger partial charge in [0.05, 0.1) is 16.0 Å². The third kappa shape index (κ3) is 3.84. The molecule has 1 saturated heterocycles. The number of rotatable bonds is 5. The van der Waals surface area contributed by atoms with Crippen molar-refractivity contribution < 1.29 is 8.42 Å². The summed E-state index contributed by atoms with van der Waals surface area (Å²) in [7, 11) is -1.78. The van der Waals surface area contributed by atoms with E-state index in [1.165, 1.54) is 24.9 Å². The van der Waals surface area contributed by atoms with Gasteiger partial charge in [-0.3, -0.25) is 4.72 Å². The predicted octanol–water partition coefficient (Wildman–Crippen LogP) is 5.03. The molecule has 0 saturated carbocycles. The van der Waals surface area contributed by atoms with Crippen molar-refractivity contribution >= 4 is 32.4 Å². The van der Waals surface area contributed by atoms with E-state index in [-0.39, 0.29) is 4.90 Å². The molecule has 0 amide bonds. The molecule has 0 aliphatic carbocycles. The lowest BCUT2D eigenvalue weighted by Crippen LogP contribution is -2.29. The van der Waals surface area contributed by atoms with Crippen LogP contribution in [0.15, 0.2) is 78.0 Å². The average molecular weight is 447 g/mol. The highest BCUT2D eigenvalue weighted by molar-refractivity contribution is 7.92. The fourth-order valence-corrected chi connectivity index (χ4v) is 5.53. The Kier molecular flexibility index (Phi) is 5.35. The number of aromatic nitrogens is 2. The first-order valence-electron chi connectivity index (χ1n) is 10.9. The molecule has 5 rings (SSSR count). The van der Waals surface area contributed by atoms with Crippen LogP contribution in [0.4, 0.5) is 11.4 Å². The molecular weight excluding hydrogens is 420 g/mol. The molecule has 1 fully saturated rings. The predicted molar refractivity (Wildman–Crippen MR) is 129 cm³/mol. The summed E-state index contributed by atoms with van der Waals surface area (Å²) in [6, 6.07) is 18.6. The van der Waals surface area contributed by atoms with Gasteiger partial charge in [-0.1, -0.05) is 30.3 Å². The highest BCUT2D eigenvalue weighted by Crippen LogP contribution is 2.37. The van der Waals surface area contributed by atoms with Crippen LogP contribution in [-0.2, 0) is 17.1 Å². The fourth-order valence-electron chi connectivity index (χ4n) is 4.43. The van der Waals surface area contributed by atoms with Gasteiger partial charge in [0.15, 0.2) is 0 Å². The number of fused-ring (bicyclic) bond motifs is 1. The topological polar surface area (TPSA) is 67.2 Å². The molecule has 4 aromatic rings. The van der Waals surface area contributed by atoms with Gasteiger partial charge in [0.2, 0.25) is 0 Å². The summed E-state index contributed by atoms with van der Waals surface area (Å²) in [4.78, 5) is 7.18. The van der Waals surface area contributed by atoms with Crippen LogP contribution in [0.3, 0.4) is 0 Å².